The van der Waals surface area contributed by atoms with Crippen molar-refractivity contribution < 1.29 is 14.7 Å². The van der Waals surface area contributed by atoms with Crippen LogP contribution in [-0.4, -0.2) is 35.0 Å². The summed E-state index contributed by atoms with van der Waals surface area (Å²) in [6, 6.07) is 0. The van der Waals surface area contributed by atoms with Crippen molar-refractivity contribution in [1.82, 2.24) is 4.90 Å². The van der Waals surface area contributed by atoms with E-state index in [0.29, 0.717) is 31.2 Å². The van der Waals surface area contributed by atoms with Gasteiger partial charge in [0.05, 0.1) is 0 Å². The zero-order valence-corrected chi connectivity index (χ0v) is 11.9. The van der Waals surface area contributed by atoms with E-state index in [-0.39, 0.29) is 5.41 Å². The molecule has 1 saturated heterocycles. The molecule has 1 aliphatic carbocycles. The van der Waals surface area contributed by atoms with Crippen LogP contribution in [0.1, 0.15) is 58.3 Å². The predicted molar refractivity (Wildman–Crippen MR) is 73.1 cm³/mol. The molecule has 1 N–H and O–H groups in total. The monoisotopic (exact) mass is 267 g/mol. The Labute approximate surface area is 115 Å². The average molecular weight is 267 g/mol. The molecule has 0 spiro atoms. The molecular formula is C15H25NO3. The molecule has 2 aliphatic rings. The van der Waals surface area contributed by atoms with Gasteiger partial charge < -0.3 is 10.0 Å². The van der Waals surface area contributed by atoms with Gasteiger partial charge in [0.15, 0.2) is 0 Å². The van der Waals surface area contributed by atoms with Gasteiger partial charge in [0.2, 0.25) is 0 Å². The lowest BCUT2D eigenvalue weighted by Gasteiger charge is -2.46. The SMILES string of the molecule is CCC(=O)C1(C2CCCCC2)CCN(C(=O)O)CC1. The Bertz CT molecular complexity index is 339. The fourth-order valence-corrected chi connectivity index (χ4v) is 4.02. The summed E-state index contributed by atoms with van der Waals surface area (Å²) in [5, 5.41) is 9.06. The molecule has 4 heteroatoms. The second-order valence-corrected chi connectivity index (χ2v) is 6.04. The van der Waals surface area contributed by atoms with Gasteiger partial charge in [-0.1, -0.05) is 26.2 Å². The highest BCUT2D eigenvalue weighted by atomic mass is 16.4. The second-order valence-electron chi connectivity index (χ2n) is 6.04. The van der Waals surface area contributed by atoms with Crippen molar-refractivity contribution >= 4 is 11.9 Å². The zero-order chi connectivity index (χ0) is 13.9. The van der Waals surface area contributed by atoms with Crippen molar-refractivity contribution in [2.24, 2.45) is 11.3 Å². The summed E-state index contributed by atoms with van der Waals surface area (Å²) in [6.45, 7) is 2.99. The first-order chi connectivity index (χ1) is 9.10. The van der Waals surface area contributed by atoms with Gasteiger partial charge in [0.1, 0.15) is 5.78 Å². The van der Waals surface area contributed by atoms with Crippen LogP contribution < -0.4 is 0 Å². The lowest BCUT2D eigenvalue weighted by molar-refractivity contribution is -0.136. The van der Waals surface area contributed by atoms with Gasteiger partial charge in [-0.15, -0.1) is 0 Å². The van der Waals surface area contributed by atoms with Gasteiger partial charge in [-0.25, -0.2) is 4.79 Å². The number of carbonyl (C=O) groups is 2. The van der Waals surface area contributed by atoms with E-state index in [0.717, 1.165) is 25.7 Å². The van der Waals surface area contributed by atoms with Gasteiger partial charge in [-0.2, -0.15) is 0 Å². The van der Waals surface area contributed by atoms with Crippen molar-refractivity contribution in [3.8, 4) is 0 Å². The molecule has 0 radical (unpaired) electrons. The summed E-state index contributed by atoms with van der Waals surface area (Å²) in [4.78, 5) is 25.0. The number of hydrogen-bond donors (Lipinski definition) is 1. The summed E-state index contributed by atoms with van der Waals surface area (Å²) in [6.07, 6.45) is 7.25. The number of carbonyl (C=O) groups excluding carboxylic acids is 1. The van der Waals surface area contributed by atoms with Crippen LogP contribution in [0, 0.1) is 11.3 Å². The Morgan fingerprint density at radius 3 is 2.21 bits per heavy atom. The van der Waals surface area contributed by atoms with Gasteiger partial charge in [-0.05, 0) is 31.6 Å². The third-order valence-electron chi connectivity index (χ3n) is 5.19. The summed E-state index contributed by atoms with van der Waals surface area (Å²) >= 11 is 0. The lowest BCUT2D eigenvalue weighted by atomic mass is 9.61. The van der Waals surface area contributed by atoms with Gasteiger partial charge in [0.25, 0.3) is 0 Å². The maximum Gasteiger partial charge on any atom is 0.407 e. The number of Topliss-reactive ketones (excluding diaryl/α,β-unsaturated/α-hetero) is 1. The van der Waals surface area contributed by atoms with Crippen molar-refractivity contribution in [1.29, 1.82) is 0 Å². The molecule has 1 aliphatic heterocycles. The van der Waals surface area contributed by atoms with Crippen molar-refractivity contribution in [2.75, 3.05) is 13.1 Å². The van der Waals surface area contributed by atoms with E-state index in [2.05, 4.69) is 0 Å². The lowest BCUT2D eigenvalue weighted by Crippen LogP contribution is -2.50. The molecule has 0 aromatic heterocycles. The molecule has 4 nitrogen and oxygen atoms in total. The van der Waals surface area contributed by atoms with E-state index in [9.17, 15) is 9.59 Å². The summed E-state index contributed by atoms with van der Waals surface area (Å²) in [5.74, 6) is 0.856. The number of nitrogens with zero attached hydrogens (tertiary/aromatic N) is 1. The molecule has 2 fully saturated rings. The molecule has 2 rings (SSSR count). The molecule has 108 valence electrons. The van der Waals surface area contributed by atoms with Crippen LogP contribution in [0.2, 0.25) is 0 Å². The molecule has 1 heterocycles. The Kier molecular flexibility index (Phi) is 4.48. The number of likely N-dealkylation sites (tertiary alicyclic amines) is 1. The molecule has 0 aromatic rings. The van der Waals surface area contributed by atoms with Crippen LogP contribution in [0.5, 0.6) is 0 Å². The molecule has 0 aromatic carbocycles. The minimum atomic E-state index is -0.846. The number of carboxylic acid groups (broad SMARTS) is 1. The highest BCUT2D eigenvalue weighted by Gasteiger charge is 2.46. The van der Waals surface area contributed by atoms with Crippen LogP contribution in [0.15, 0.2) is 0 Å². The van der Waals surface area contributed by atoms with Gasteiger partial charge in [-0.3, -0.25) is 4.79 Å². The quantitative estimate of drug-likeness (QED) is 0.853. The number of hydrogen-bond acceptors (Lipinski definition) is 2. The number of ketones is 1. The van der Waals surface area contributed by atoms with E-state index < -0.39 is 6.09 Å². The van der Waals surface area contributed by atoms with E-state index in [4.69, 9.17) is 5.11 Å². The van der Waals surface area contributed by atoms with Gasteiger partial charge >= 0.3 is 6.09 Å². The Balaban J connectivity index is 2.13. The first kappa shape index (κ1) is 14.4. The van der Waals surface area contributed by atoms with Crippen LogP contribution in [0.3, 0.4) is 0 Å². The third-order valence-corrected chi connectivity index (χ3v) is 5.19. The maximum absolute atomic E-state index is 12.5. The Morgan fingerprint density at radius 1 is 1.16 bits per heavy atom. The first-order valence-electron chi connectivity index (χ1n) is 7.61. The highest BCUT2D eigenvalue weighted by Crippen LogP contribution is 2.47. The van der Waals surface area contributed by atoms with Crippen LogP contribution in [-0.2, 0) is 4.79 Å². The predicted octanol–water partition coefficient (Wildman–Crippen LogP) is 3.31. The fraction of sp³-hybridized carbons (Fsp3) is 0.867. The summed E-state index contributed by atoms with van der Waals surface area (Å²) in [7, 11) is 0. The Hall–Kier alpha value is -1.06. The molecule has 1 amide bonds. The molecule has 19 heavy (non-hydrogen) atoms. The minimum Gasteiger partial charge on any atom is -0.465 e. The normalized spacial score (nSPS) is 24.2. The van der Waals surface area contributed by atoms with E-state index in [1.54, 1.807) is 0 Å². The molecule has 0 atom stereocenters. The number of rotatable bonds is 3. The minimum absolute atomic E-state index is 0.221. The van der Waals surface area contributed by atoms with Crippen molar-refractivity contribution in [3.63, 3.8) is 0 Å². The largest absolute Gasteiger partial charge is 0.465 e. The third kappa shape index (κ3) is 2.77. The maximum atomic E-state index is 12.5. The van der Waals surface area contributed by atoms with E-state index >= 15 is 0 Å². The molecule has 0 bridgehead atoms. The standard InChI is InChI=1S/C15H25NO3/c1-2-13(17)15(12-6-4-3-5-7-12)8-10-16(11-9-15)14(18)19/h12H,2-11H2,1H3,(H,18,19). The first-order valence-corrected chi connectivity index (χ1v) is 7.61. The van der Waals surface area contributed by atoms with Crippen LogP contribution in [0.4, 0.5) is 4.79 Å². The summed E-state index contributed by atoms with van der Waals surface area (Å²) in [5.41, 5.74) is -0.221. The smallest absolute Gasteiger partial charge is 0.407 e. The molecular weight excluding hydrogens is 242 g/mol. The molecule has 0 unspecified atom stereocenters. The molecule has 1 saturated carbocycles. The van der Waals surface area contributed by atoms with Crippen molar-refractivity contribution in [3.05, 3.63) is 0 Å². The van der Waals surface area contributed by atoms with Crippen molar-refractivity contribution in [2.45, 2.75) is 58.3 Å². The number of piperidine rings is 1. The second kappa shape index (κ2) is 5.93. The van der Waals surface area contributed by atoms with Crippen LogP contribution in [0.25, 0.3) is 0 Å². The van der Waals surface area contributed by atoms with Gasteiger partial charge in [0, 0.05) is 24.9 Å². The van der Waals surface area contributed by atoms with Crippen LogP contribution >= 0.6 is 0 Å². The average Bonchev–Trinajstić information content (AvgIpc) is 2.47. The highest BCUT2D eigenvalue weighted by molar-refractivity contribution is 5.85. The topological polar surface area (TPSA) is 57.6 Å². The van der Waals surface area contributed by atoms with E-state index in [1.807, 2.05) is 6.92 Å². The fourth-order valence-electron chi connectivity index (χ4n) is 4.02. The Morgan fingerprint density at radius 2 is 1.74 bits per heavy atom. The number of amides is 1. The van der Waals surface area contributed by atoms with E-state index in [1.165, 1.54) is 24.2 Å². The zero-order valence-electron chi connectivity index (χ0n) is 11.9. The summed E-state index contributed by atoms with van der Waals surface area (Å²) < 4.78 is 0.